The molecule has 13 rings (SSSR count). The summed E-state index contributed by atoms with van der Waals surface area (Å²) in [6, 6.07) is 51.5. The Morgan fingerprint density at radius 1 is 0.275 bits per heavy atom. The lowest BCUT2D eigenvalue weighted by Gasteiger charge is -2.11. The van der Waals surface area contributed by atoms with Gasteiger partial charge in [-0.1, -0.05) is 146 Å². The molecule has 0 unspecified atom stereocenters. The molecule has 4 aromatic heterocycles. The first-order chi connectivity index (χ1) is 38.7. The minimum Gasteiger partial charge on any atom is -0.353 e. The van der Waals surface area contributed by atoms with Gasteiger partial charge < -0.3 is 19.9 Å². The normalized spacial score (nSPS) is 12.6. The van der Waals surface area contributed by atoms with Gasteiger partial charge in [0.15, 0.2) is 0 Å². The maximum absolute atomic E-state index is 12.9. The predicted octanol–water partition coefficient (Wildman–Crippen LogP) is 11.8. The topological polar surface area (TPSA) is 236 Å². The summed E-state index contributed by atoms with van der Waals surface area (Å²) in [5.41, 5.74) is 7.85. The lowest BCUT2D eigenvalue weighted by atomic mass is 9.94. The summed E-state index contributed by atoms with van der Waals surface area (Å²) in [5.74, 6) is 0. The Morgan fingerprint density at radius 3 is 0.675 bits per heavy atom. The van der Waals surface area contributed by atoms with E-state index in [2.05, 4.69) is 19.9 Å². The zero-order valence-corrected chi connectivity index (χ0v) is 43.2. The smallest absolute Gasteiger partial charge is 0.272 e. The van der Waals surface area contributed by atoms with Gasteiger partial charge in [0.1, 0.15) is 0 Å². The second-order valence-electron chi connectivity index (χ2n) is 20.2. The number of aromatic amines is 4. The predicted molar refractivity (Wildman–Crippen MR) is 309 cm³/mol. The first-order valence-corrected chi connectivity index (χ1v) is 25.6. The van der Waals surface area contributed by atoms with Crippen LogP contribution in [0.5, 0.6) is 0 Å². The van der Waals surface area contributed by atoms with Crippen LogP contribution in [0, 0.1) is 68.2 Å². The van der Waals surface area contributed by atoms with E-state index in [0.717, 1.165) is 43.1 Å². The van der Waals surface area contributed by atoms with Crippen LogP contribution in [0.4, 0.5) is 22.7 Å². The number of benzene rings is 8. The molecule has 1 aliphatic carbocycles. The zero-order chi connectivity index (χ0) is 55.4. The second-order valence-corrected chi connectivity index (χ2v) is 20.2. The van der Waals surface area contributed by atoms with E-state index in [-0.39, 0.29) is 22.7 Å². The highest BCUT2D eigenvalue weighted by Gasteiger charge is 2.29. The van der Waals surface area contributed by atoms with Gasteiger partial charge in [0.2, 0.25) is 0 Å². The van der Waals surface area contributed by atoms with Crippen LogP contribution in [-0.2, 0) is 0 Å². The number of nitrogens with zero attached hydrogens (tertiary/aromatic N) is 4. The molecule has 0 aliphatic heterocycles. The molecule has 0 amide bonds. The molecule has 0 atom stereocenters. The number of nitrogens with one attached hydrogen (secondary N) is 4. The van der Waals surface area contributed by atoms with Gasteiger partial charge in [-0.3, -0.25) is 40.5 Å². The monoisotopic (exact) mass is 1050 g/mol. The molecule has 8 bridgehead atoms. The Bertz CT molecular complexity index is 4420. The van der Waals surface area contributed by atoms with E-state index in [4.69, 9.17) is 0 Å². The molecule has 0 saturated heterocycles. The molecule has 12 aromatic rings. The fourth-order valence-corrected chi connectivity index (χ4v) is 11.8. The number of rotatable bonds is 8. The van der Waals surface area contributed by atoms with E-state index in [1.807, 2.05) is 121 Å². The summed E-state index contributed by atoms with van der Waals surface area (Å²) < 4.78 is 0. The van der Waals surface area contributed by atoms with Gasteiger partial charge in [-0.05, 0) is 49.9 Å². The van der Waals surface area contributed by atoms with Crippen molar-refractivity contribution in [2.75, 3.05) is 0 Å². The number of aryl methyl sites for hydroxylation is 4. The van der Waals surface area contributed by atoms with Crippen LogP contribution >= 0.6 is 0 Å². The van der Waals surface area contributed by atoms with Gasteiger partial charge in [-0.15, -0.1) is 0 Å². The lowest BCUT2D eigenvalue weighted by Crippen LogP contribution is -2.20. The van der Waals surface area contributed by atoms with Crippen molar-refractivity contribution < 1.29 is 19.7 Å². The summed E-state index contributed by atoms with van der Waals surface area (Å²) in [6.45, 7) is 6.75. The molecule has 16 heteroatoms. The molecular weight excluding hydrogens is 1010 g/mol. The largest absolute Gasteiger partial charge is 0.353 e. The number of aromatic nitrogens is 4. The van der Waals surface area contributed by atoms with Gasteiger partial charge in [-0.2, -0.15) is 0 Å². The lowest BCUT2D eigenvalue weighted by molar-refractivity contribution is -0.385. The third kappa shape index (κ3) is 7.52. The first kappa shape index (κ1) is 48.6. The molecule has 0 fully saturated rings. The van der Waals surface area contributed by atoms with Crippen molar-refractivity contribution in [3.63, 3.8) is 0 Å². The Morgan fingerprint density at radius 2 is 0.475 bits per heavy atom. The molecule has 0 spiro atoms. The minimum atomic E-state index is -0.403. The van der Waals surface area contributed by atoms with Crippen LogP contribution < -0.4 is 21.4 Å². The van der Waals surface area contributed by atoms with Crippen LogP contribution in [-0.4, -0.2) is 39.6 Å². The van der Waals surface area contributed by atoms with Gasteiger partial charge in [0, 0.05) is 112 Å². The summed E-state index contributed by atoms with van der Waals surface area (Å²) in [7, 11) is 0. The Hall–Kier alpha value is -11.0. The summed E-state index contributed by atoms with van der Waals surface area (Å²) in [6.07, 6.45) is 0. The summed E-state index contributed by atoms with van der Waals surface area (Å²) in [5, 5.41) is 59.7. The summed E-state index contributed by atoms with van der Waals surface area (Å²) in [4.78, 5) is 65.5. The van der Waals surface area contributed by atoms with Crippen molar-refractivity contribution in [1.29, 1.82) is 0 Å². The number of H-pyrrole nitrogens is 4. The van der Waals surface area contributed by atoms with E-state index >= 15 is 0 Å². The maximum atomic E-state index is 12.9. The van der Waals surface area contributed by atoms with E-state index in [9.17, 15) is 40.5 Å². The van der Waals surface area contributed by atoms with Gasteiger partial charge >= 0.3 is 0 Å². The maximum Gasteiger partial charge on any atom is 0.272 e. The molecule has 4 heterocycles. The Labute approximate surface area is 452 Å². The first-order valence-electron chi connectivity index (χ1n) is 25.6. The molecule has 16 nitrogen and oxygen atoms in total. The quantitative estimate of drug-likeness (QED) is 0.0841. The Kier molecular flexibility index (Phi) is 11.2. The van der Waals surface area contributed by atoms with Gasteiger partial charge in [0.05, 0.1) is 63.9 Å². The van der Waals surface area contributed by atoms with Crippen LogP contribution in [0.2, 0.25) is 0 Å². The van der Waals surface area contributed by atoms with E-state index in [0.29, 0.717) is 111 Å². The van der Waals surface area contributed by atoms with Crippen LogP contribution in [0.25, 0.3) is 65.4 Å². The molecule has 80 heavy (non-hydrogen) atoms. The van der Waals surface area contributed by atoms with E-state index in [1.54, 1.807) is 76.2 Å². The molecule has 1 aliphatic rings. The van der Waals surface area contributed by atoms with E-state index in [1.165, 1.54) is 0 Å². The molecule has 0 saturated carbocycles. The summed E-state index contributed by atoms with van der Waals surface area (Å²) >= 11 is 0. The van der Waals surface area contributed by atoms with Crippen molar-refractivity contribution in [2.24, 2.45) is 0 Å². The third-order valence-corrected chi connectivity index (χ3v) is 15.6. The highest BCUT2D eigenvalue weighted by Crippen LogP contribution is 2.41. The number of hydrogen-bond donors (Lipinski definition) is 4. The van der Waals surface area contributed by atoms with E-state index < -0.39 is 19.7 Å². The third-order valence-electron chi connectivity index (χ3n) is 15.6. The van der Waals surface area contributed by atoms with Crippen molar-refractivity contribution in [3.05, 3.63) is 299 Å². The van der Waals surface area contributed by atoms with Crippen LogP contribution in [0.3, 0.4) is 0 Å². The van der Waals surface area contributed by atoms with Crippen molar-refractivity contribution >= 4 is 88.1 Å². The average molecular weight is 1050 g/mol. The second kappa shape index (κ2) is 18.3. The average Bonchev–Trinajstić information content (AvgIpc) is 4.35. The number of hydrogen-bond acceptors (Lipinski definition) is 8. The van der Waals surface area contributed by atoms with Crippen LogP contribution in [0.1, 0.15) is 67.3 Å². The fraction of sp³-hybridized carbons (Fsp3) is 0.0625. The number of nitro groups is 4. The highest BCUT2D eigenvalue weighted by molar-refractivity contribution is 6.09. The standard InChI is InChI=1S/C64H44N8O8/c1-33-21-25-37(29-49(33)69(73)74)53-57-41-13-5-7-15-43(41)59(65-57)54(38-26-22-34(2)50(30-38)70(75)76)61-45-17-9-11-19-47(45)63(67-61)56(40-28-24-36(4)52(32-40)72(79)80)64-48-20-12-10-18-46(48)62(68-64)55(39-27-23-35(3)51(31-39)71(77)78)60-44-16-8-6-14-42(44)58(53)66-60/h5-32,65-68H,1-4H3. The van der Waals surface area contributed by atoms with Crippen molar-refractivity contribution in [1.82, 2.24) is 19.9 Å². The van der Waals surface area contributed by atoms with Gasteiger partial charge in [-0.25, -0.2) is 0 Å². The Balaban J connectivity index is 1.37. The molecule has 0 radical (unpaired) electrons. The highest BCUT2D eigenvalue weighted by atomic mass is 16.6. The SMILES string of the molecule is Cc1ccc(C2=c3[nH]c(c4ccccc34)=C(c3ccc(C)c([N+](=O)[O-])c3)c3[nH]c(c4ccccc34)C(c3ccc(C)c([N+](=O)[O-])c3)=c3[nH]c(c4ccccc34)=C(c3ccc(C)c([N+](=O)[O-])c3)c3[nH]c2c2ccccc32)cc1[N+](=O)[O-]. The zero-order valence-electron chi connectivity index (χ0n) is 43.2. The molecule has 388 valence electrons. The van der Waals surface area contributed by atoms with Crippen molar-refractivity contribution in [3.8, 4) is 0 Å². The van der Waals surface area contributed by atoms with Crippen LogP contribution in [0.15, 0.2) is 170 Å². The molecule has 4 N–H and O–H groups in total. The number of nitro benzene ring substituents is 4. The fourth-order valence-electron chi connectivity index (χ4n) is 11.8. The molecular formula is C64H44N8O8. The van der Waals surface area contributed by atoms with Crippen molar-refractivity contribution in [2.45, 2.75) is 27.7 Å². The minimum absolute atomic E-state index is 0.102. The van der Waals surface area contributed by atoms with Gasteiger partial charge in [0.25, 0.3) is 22.7 Å². The molecule has 8 aromatic carbocycles.